The van der Waals surface area contributed by atoms with Crippen molar-refractivity contribution in [1.29, 1.82) is 0 Å². The monoisotopic (exact) mass is 261 g/mol. The van der Waals surface area contributed by atoms with Gasteiger partial charge >= 0.3 is 5.69 Å². The van der Waals surface area contributed by atoms with Crippen LogP contribution in [0.25, 0.3) is 0 Å². The summed E-state index contributed by atoms with van der Waals surface area (Å²) in [4.78, 5) is 10.3. The number of nitro benzene ring substituents is 1. The highest BCUT2D eigenvalue weighted by Gasteiger charge is 2.15. The lowest BCUT2D eigenvalue weighted by atomic mass is 10.2. The zero-order chi connectivity index (χ0) is 12.0. The first-order valence-corrected chi connectivity index (χ1v) is 6.57. The number of ether oxygens (including phenoxy) is 1. The molecule has 4 nitrogen and oxygen atoms in total. The van der Waals surface area contributed by atoms with Crippen molar-refractivity contribution in [2.75, 3.05) is 18.6 Å². The van der Waals surface area contributed by atoms with Crippen molar-refractivity contribution >= 4 is 29.1 Å². The molecule has 88 valence electrons. The Morgan fingerprint density at radius 1 is 1.56 bits per heavy atom. The number of nitro groups is 1. The second-order valence-electron chi connectivity index (χ2n) is 3.03. The molecular weight excluding hydrogens is 250 g/mol. The van der Waals surface area contributed by atoms with E-state index in [1.165, 1.54) is 6.07 Å². The summed E-state index contributed by atoms with van der Waals surface area (Å²) >= 11 is 7.29. The average molecular weight is 262 g/mol. The van der Waals surface area contributed by atoms with Gasteiger partial charge in [0.2, 0.25) is 0 Å². The fourth-order valence-electron chi connectivity index (χ4n) is 1.14. The molecule has 1 aromatic carbocycles. The number of thioether (sulfide) groups is 1. The first-order valence-electron chi connectivity index (χ1n) is 4.64. The van der Waals surface area contributed by atoms with Crippen LogP contribution in [0.2, 0.25) is 0 Å². The van der Waals surface area contributed by atoms with Gasteiger partial charge in [-0.25, -0.2) is 0 Å². The molecule has 0 unspecified atom stereocenters. The zero-order valence-corrected chi connectivity index (χ0v) is 10.4. The van der Waals surface area contributed by atoms with Crippen molar-refractivity contribution in [3.05, 3.63) is 33.9 Å². The number of hydrogen-bond acceptors (Lipinski definition) is 4. The van der Waals surface area contributed by atoms with Crippen LogP contribution in [-0.2, 0) is 5.88 Å². The molecule has 0 N–H and O–H groups in total. The molecule has 0 atom stereocenters. The predicted molar refractivity (Wildman–Crippen MR) is 66.5 cm³/mol. The van der Waals surface area contributed by atoms with E-state index in [0.29, 0.717) is 12.5 Å². The van der Waals surface area contributed by atoms with Crippen LogP contribution in [0.5, 0.6) is 5.75 Å². The number of halogens is 1. The Morgan fingerprint density at radius 3 is 2.88 bits per heavy atom. The van der Waals surface area contributed by atoms with Crippen molar-refractivity contribution < 1.29 is 9.66 Å². The van der Waals surface area contributed by atoms with E-state index >= 15 is 0 Å². The quantitative estimate of drug-likeness (QED) is 0.342. The van der Waals surface area contributed by atoms with Crippen molar-refractivity contribution in [3.63, 3.8) is 0 Å². The molecule has 0 bridgehead atoms. The Labute approximate surface area is 103 Å². The minimum Gasteiger partial charge on any atom is -0.486 e. The van der Waals surface area contributed by atoms with Gasteiger partial charge in [0, 0.05) is 17.7 Å². The van der Waals surface area contributed by atoms with Crippen LogP contribution in [-0.4, -0.2) is 23.5 Å². The molecule has 0 aromatic heterocycles. The van der Waals surface area contributed by atoms with Crippen molar-refractivity contribution in [2.45, 2.75) is 5.88 Å². The molecule has 0 heterocycles. The predicted octanol–water partition coefficient (Wildman–Crippen LogP) is 3.08. The van der Waals surface area contributed by atoms with Crippen molar-refractivity contribution in [3.8, 4) is 5.75 Å². The van der Waals surface area contributed by atoms with Gasteiger partial charge in [-0.2, -0.15) is 11.8 Å². The zero-order valence-electron chi connectivity index (χ0n) is 8.81. The minimum absolute atomic E-state index is 0.0185. The maximum absolute atomic E-state index is 10.7. The Bertz CT molecular complexity index is 373. The summed E-state index contributed by atoms with van der Waals surface area (Å²) in [6.45, 7) is 0.452. The van der Waals surface area contributed by atoms with E-state index in [9.17, 15) is 10.1 Å². The van der Waals surface area contributed by atoms with Gasteiger partial charge < -0.3 is 4.74 Å². The van der Waals surface area contributed by atoms with Crippen LogP contribution in [0.3, 0.4) is 0 Å². The SMILES string of the molecule is CSCCOc1cc(CCl)ccc1[N+](=O)[O-]. The van der Waals surface area contributed by atoms with Crippen molar-refractivity contribution in [2.24, 2.45) is 0 Å². The van der Waals surface area contributed by atoms with Crippen LogP contribution in [0, 0.1) is 10.1 Å². The highest BCUT2D eigenvalue weighted by molar-refractivity contribution is 7.98. The standard InChI is InChI=1S/C10H12ClNO3S/c1-16-5-4-15-10-6-8(7-11)2-3-9(10)12(13)14/h2-3,6H,4-5,7H2,1H3. The number of hydrogen-bond donors (Lipinski definition) is 0. The number of rotatable bonds is 6. The number of nitrogens with zero attached hydrogens (tertiary/aromatic N) is 1. The second kappa shape index (κ2) is 6.60. The molecule has 0 aliphatic rings. The number of alkyl halides is 1. The summed E-state index contributed by atoms with van der Waals surface area (Å²) in [7, 11) is 0. The van der Waals surface area contributed by atoms with E-state index in [1.807, 2.05) is 6.26 Å². The molecule has 16 heavy (non-hydrogen) atoms. The Kier molecular flexibility index (Phi) is 5.42. The molecule has 0 radical (unpaired) electrons. The van der Waals surface area contributed by atoms with E-state index < -0.39 is 4.92 Å². The van der Waals surface area contributed by atoms with Gasteiger partial charge in [-0.1, -0.05) is 6.07 Å². The second-order valence-corrected chi connectivity index (χ2v) is 4.29. The van der Waals surface area contributed by atoms with Gasteiger partial charge in [0.25, 0.3) is 0 Å². The smallest absolute Gasteiger partial charge is 0.310 e. The van der Waals surface area contributed by atoms with Gasteiger partial charge in [-0.15, -0.1) is 11.6 Å². The third kappa shape index (κ3) is 3.57. The van der Waals surface area contributed by atoms with Crippen LogP contribution in [0.4, 0.5) is 5.69 Å². The Balaban J connectivity index is 2.87. The van der Waals surface area contributed by atoms with Crippen LogP contribution >= 0.6 is 23.4 Å². The molecule has 6 heteroatoms. The van der Waals surface area contributed by atoms with E-state index in [2.05, 4.69) is 0 Å². The molecule has 0 saturated carbocycles. The van der Waals surface area contributed by atoms with Gasteiger partial charge in [0.15, 0.2) is 5.75 Å². The van der Waals surface area contributed by atoms with E-state index in [0.717, 1.165) is 11.3 Å². The highest BCUT2D eigenvalue weighted by Crippen LogP contribution is 2.28. The fraction of sp³-hybridized carbons (Fsp3) is 0.400. The largest absolute Gasteiger partial charge is 0.486 e. The maximum atomic E-state index is 10.7. The summed E-state index contributed by atoms with van der Waals surface area (Å²) < 4.78 is 5.36. The third-order valence-corrected chi connectivity index (χ3v) is 2.80. The van der Waals surface area contributed by atoms with Gasteiger partial charge in [0.1, 0.15) is 0 Å². The topological polar surface area (TPSA) is 52.4 Å². The molecule has 0 saturated heterocycles. The van der Waals surface area contributed by atoms with Gasteiger partial charge in [0.05, 0.1) is 11.5 Å². The lowest BCUT2D eigenvalue weighted by Crippen LogP contribution is -2.03. The van der Waals surface area contributed by atoms with Crippen LogP contribution in [0.1, 0.15) is 5.56 Å². The molecule has 0 spiro atoms. The molecule has 1 rings (SSSR count). The van der Waals surface area contributed by atoms with E-state index in [1.54, 1.807) is 23.9 Å². The minimum atomic E-state index is -0.452. The summed E-state index contributed by atoms with van der Waals surface area (Å²) in [5.41, 5.74) is 0.793. The highest BCUT2D eigenvalue weighted by atomic mass is 35.5. The summed E-state index contributed by atoms with van der Waals surface area (Å²) in [6.07, 6.45) is 1.95. The van der Waals surface area contributed by atoms with Crippen molar-refractivity contribution in [1.82, 2.24) is 0 Å². The number of benzene rings is 1. The van der Waals surface area contributed by atoms with E-state index in [4.69, 9.17) is 16.3 Å². The third-order valence-electron chi connectivity index (χ3n) is 1.92. The first kappa shape index (κ1) is 13.1. The fourth-order valence-corrected chi connectivity index (χ4v) is 1.56. The van der Waals surface area contributed by atoms with Crippen LogP contribution in [0.15, 0.2) is 18.2 Å². The molecule has 0 amide bonds. The van der Waals surface area contributed by atoms with Gasteiger partial charge in [-0.05, 0) is 17.9 Å². The lowest BCUT2D eigenvalue weighted by molar-refractivity contribution is -0.385. The molecule has 1 aromatic rings. The Morgan fingerprint density at radius 2 is 2.31 bits per heavy atom. The maximum Gasteiger partial charge on any atom is 0.310 e. The summed E-state index contributed by atoms with van der Waals surface area (Å²) in [6, 6.07) is 4.67. The summed E-state index contributed by atoms with van der Waals surface area (Å²) in [5, 5.41) is 10.7. The van der Waals surface area contributed by atoms with Gasteiger partial charge in [-0.3, -0.25) is 10.1 Å². The first-order chi connectivity index (χ1) is 7.69. The van der Waals surface area contributed by atoms with E-state index in [-0.39, 0.29) is 11.4 Å². The summed E-state index contributed by atoms with van der Waals surface area (Å²) in [5.74, 6) is 1.40. The normalized spacial score (nSPS) is 10.1. The van der Waals surface area contributed by atoms with Crippen LogP contribution < -0.4 is 4.74 Å². The molecule has 0 aliphatic heterocycles. The lowest BCUT2D eigenvalue weighted by Gasteiger charge is -2.06. The Hall–Kier alpha value is -0.940. The molecule has 0 aliphatic carbocycles. The molecular formula is C10H12ClNO3S. The average Bonchev–Trinajstić information content (AvgIpc) is 2.29. The molecule has 0 fully saturated rings.